The predicted octanol–water partition coefficient (Wildman–Crippen LogP) is 0.627. The van der Waals surface area contributed by atoms with Gasteiger partial charge in [-0.05, 0) is 6.42 Å². The molecule has 1 aromatic rings. The van der Waals surface area contributed by atoms with Crippen molar-refractivity contribution >= 4 is 38.6 Å². The number of hydrogen-bond donors (Lipinski definition) is 2. The number of nitrogens with one attached hydrogen (secondary N) is 1. The number of thiazole rings is 1. The molecular weight excluding hydrogens is 266 g/mol. The summed E-state index contributed by atoms with van der Waals surface area (Å²) in [6, 6.07) is 0. The number of hydrogen-bond acceptors (Lipinski definition) is 5. The molecule has 1 heterocycles. The van der Waals surface area contributed by atoms with E-state index in [4.69, 9.17) is 18.0 Å². The summed E-state index contributed by atoms with van der Waals surface area (Å²) in [7, 11) is -3.50. The van der Waals surface area contributed by atoms with Gasteiger partial charge in [0.15, 0.2) is 0 Å². The van der Waals surface area contributed by atoms with Crippen LogP contribution in [0.5, 0.6) is 0 Å². The van der Waals surface area contributed by atoms with Gasteiger partial charge in [-0.3, -0.25) is 0 Å². The van der Waals surface area contributed by atoms with Crippen LogP contribution in [0.4, 0.5) is 0 Å². The Bertz CT molecular complexity index is 441. The Balaban J connectivity index is 2.67. The molecular formula is C8H13N3O2S3. The number of thiocarbonyl (C=S) groups is 1. The highest BCUT2D eigenvalue weighted by Gasteiger charge is 2.25. The van der Waals surface area contributed by atoms with Crippen LogP contribution in [-0.4, -0.2) is 23.6 Å². The molecule has 0 aliphatic carbocycles. The lowest BCUT2D eigenvalue weighted by Gasteiger charge is -2.14. The molecule has 5 nitrogen and oxygen atoms in total. The van der Waals surface area contributed by atoms with Gasteiger partial charge >= 0.3 is 0 Å². The van der Waals surface area contributed by atoms with Gasteiger partial charge in [-0.1, -0.05) is 19.1 Å². The molecule has 90 valence electrons. The number of sulfonamides is 1. The van der Waals surface area contributed by atoms with Crippen LogP contribution in [0.25, 0.3) is 0 Å². The molecule has 1 unspecified atom stereocenters. The Kier molecular flexibility index (Phi) is 4.78. The topological polar surface area (TPSA) is 85.1 Å². The lowest BCUT2D eigenvalue weighted by molar-refractivity contribution is 0.574. The zero-order chi connectivity index (χ0) is 12.2. The van der Waals surface area contributed by atoms with Crippen molar-refractivity contribution in [3.8, 4) is 0 Å². The summed E-state index contributed by atoms with van der Waals surface area (Å²) in [5.41, 5.74) is 5.38. The third kappa shape index (κ3) is 3.48. The molecule has 0 saturated heterocycles. The summed E-state index contributed by atoms with van der Waals surface area (Å²) < 4.78 is 26.0. The van der Waals surface area contributed by atoms with Crippen molar-refractivity contribution in [3.05, 3.63) is 16.6 Å². The van der Waals surface area contributed by atoms with Crippen molar-refractivity contribution in [2.24, 2.45) is 5.73 Å². The minimum Gasteiger partial charge on any atom is -0.392 e. The molecule has 16 heavy (non-hydrogen) atoms. The van der Waals surface area contributed by atoms with Crippen LogP contribution in [0.3, 0.4) is 0 Å². The van der Waals surface area contributed by atoms with Crippen molar-refractivity contribution in [1.82, 2.24) is 9.71 Å². The first-order chi connectivity index (χ1) is 7.47. The van der Waals surface area contributed by atoms with E-state index in [1.807, 2.05) is 0 Å². The number of rotatable bonds is 6. The maximum absolute atomic E-state index is 11.8. The van der Waals surface area contributed by atoms with Gasteiger partial charge in [-0.15, -0.1) is 11.3 Å². The van der Waals surface area contributed by atoms with E-state index in [1.165, 1.54) is 11.3 Å². The first-order valence-corrected chi connectivity index (χ1v) is 7.47. The predicted molar refractivity (Wildman–Crippen MR) is 68.7 cm³/mol. The van der Waals surface area contributed by atoms with Gasteiger partial charge in [-0.2, -0.15) is 0 Å². The van der Waals surface area contributed by atoms with Crippen LogP contribution in [0, 0.1) is 0 Å². The Morgan fingerprint density at radius 2 is 2.44 bits per heavy atom. The summed E-state index contributed by atoms with van der Waals surface area (Å²) >= 11 is 6.11. The largest absolute Gasteiger partial charge is 0.392 e. The fourth-order valence-corrected chi connectivity index (χ4v) is 3.65. The fraction of sp³-hybridized carbons (Fsp3) is 0.500. The van der Waals surface area contributed by atoms with Crippen molar-refractivity contribution in [2.45, 2.75) is 25.1 Å². The Hall–Kier alpha value is -0.570. The smallest absolute Gasteiger partial charge is 0.221 e. The van der Waals surface area contributed by atoms with E-state index in [9.17, 15) is 8.42 Å². The summed E-state index contributed by atoms with van der Waals surface area (Å²) in [5, 5.41) is 1.68. The van der Waals surface area contributed by atoms with Gasteiger partial charge in [0.25, 0.3) is 0 Å². The van der Waals surface area contributed by atoms with Crippen molar-refractivity contribution in [1.29, 1.82) is 0 Å². The second kappa shape index (κ2) is 5.67. The van der Waals surface area contributed by atoms with E-state index in [-0.39, 0.29) is 11.5 Å². The summed E-state index contributed by atoms with van der Waals surface area (Å²) in [4.78, 5) is 3.97. The Morgan fingerprint density at radius 1 is 1.75 bits per heavy atom. The molecule has 0 fully saturated rings. The number of nitrogens with two attached hydrogens (primary N) is 1. The van der Waals surface area contributed by atoms with Crippen molar-refractivity contribution in [2.75, 3.05) is 0 Å². The molecule has 0 saturated carbocycles. The van der Waals surface area contributed by atoms with E-state index < -0.39 is 15.3 Å². The lowest BCUT2D eigenvalue weighted by Crippen LogP contribution is -2.41. The SMILES string of the molecule is CCC(C(N)=S)S(=O)(=O)NCc1nccs1. The maximum Gasteiger partial charge on any atom is 0.221 e. The third-order valence-electron chi connectivity index (χ3n) is 1.97. The second-order valence-corrected chi connectivity index (χ2v) is 6.49. The van der Waals surface area contributed by atoms with Crippen molar-refractivity contribution in [3.63, 3.8) is 0 Å². The molecule has 1 rings (SSSR count). The summed E-state index contributed by atoms with van der Waals surface area (Å²) in [6.07, 6.45) is 1.99. The molecule has 0 radical (unpaired) electrons. The highest BCUT2D eigenvalue weighted by molar-refractivity contribution is 7.93. The van der Waals surface area contributed by atoms with Crippen LogP contribution < -0.4 is 10.5 Å². The van der Waals surface area contributed by atoms with Crippen LogP contribution >= 0.6 is 23.6 Å². The molecule has 3 N–H and O–H groups in total. The number of aromatic nitrogens is 1. The van der Waals surface area contributed by atoms with Crippen LogP contribution in [0.1, 0.15) is 18.4 Å². The van der Waals surface area contributed by atoms with E-state index in [0.717, 1.165) is 0 Å². The summed E-state index contributed by atoms with van der Waals surface area (Å²) in [6.45, 7) is 1.91. The zero-order valence-electron chi connectivity index (χ0n) is 8.71. The van der Waals surface area contributed by atoms with Crippen molar-refractivity contribution < 1.29 is 8.42 Å². The Morgan fingerprint density at radius 3 is 2.88 bits per heavy atom. The van der Waals surface area contributed by atoms with Gasteiger partial charge in [0.2, 0.25) is 10.0 Å². The normalized spacial score (nSPS) is 13.6. The highest BCUT2D eigenvalue weighted by atomic mass is 32.2. The van der Waals surface area contributed by atoms with Gasteiger partial charge < -0.3 is 5.73 Å². The lowest BCUT2D eigenvalue weighted by atomic mass is 10.3. The van der Waals surface area contributed by atoms with E-state index in [0.29, 0.717) is 11.4 Å². The van der Waals surface area contributed by atoms with E-state index in [2.05, 4.69) is 9.71 Å². The number of nitrogens with zero attached hydrogens (tertiary/aromatic N) is 1. The molecule has 0 bridgehead atoms. The molecule has 0 amide bonds. The van der Waals surface area contributed by atoms with Crippen LogP contribution in [0.15, 0.2) is 11.6 Å². The second-order valence-electron chi connectivity index (χ2n) is 3.09. The minimum atomic E-state index is -3.50. The first kappa shape index (κ1) is 13.5. The molecule has 0 spiro atoms. The molecule has 1 atom stereocenters. The van der Waals surface area contributed by atoms with E-state index >= 15 is 0 Å². The molecule has 1 aromatic heterocycles. The monoisotopic (exact) mass is 279 g/mol. The van der Waals surface area contributed by atoms with Crippen LogP contribution in [0.2, 0.25) is 0 Å². The molecule has 0 aliphatic rings. The third-order valence-corrected chi connectivity index (χ3v) is 5.07. The standard InChI is InChI=1S/C8H13N3O2S3/c1-2-6(8(9)14)16(12,13)11-5-7-10-3-4-15-7/h3-4,6,11H,2,5H2,1H3,(H2,9,14). The van der Waals surface area contributed by atoms with Gasteiger partial charge in [0.1, 0.15) is 10.3 Å². The molecule has 0 aromatic carbocycles. The molecule has 8 heteroatoms. The maximum atomic E-state index is 11.8. The van der Waals surface area contributed by atoms with Gasteiger partial charge in [-0.25, -0.2) is 18.1 Å². The van der Waals surface area contributed by atoms with Gasteiger partial charge in [0, 0.05) is 11.6 Å². The summed E-state index contributed by atoms with van der Waals surface area (Å²) in [5.74, 6) is 0. The zero-order valence-corrected chi connectivity index (χ0v) is 11.2. The first-order valence-electron chi connectivity index (χ1n) is 4.63. The Labute approximate surface area is 104 Å². The fourth-order valence-electron chi connectivity index (χ4n) is 1.18. The quantitative estimate of drug-likeness (QED) is 0.746. The molecule has 0 aliphatic heterocycles. The van der Waals surface area contributed by atoms with Gasteiger partial charge in [0.05, 0.1) is 11.5 Å². The minimum absolute atomic E-state index is 0.00543. The average Bonchev–Trinajstić information content (AvgIpc) is 2.67. The van der Waals surface area contributed by atoms with E-state index in [1.54, 1.807) is 18.5 Å². The highest BCUT2D eigenvalue weighted by Crippen LogP contribution is 2.08. The van der Waals surface area contributed by atoms with Crippen LogP contribution in [-0.2, 0) is 16.6 Å². The average molecular weight is 279 g/mol.